The number of H-pyrrole nitrogens is 2. The van der Waals surface area contributed by atoms with E-state index in [-0.39, 0.29) is 17.7 Å². The molecule has 64 valence electrons. The number of Topliss-reactive ketones (excluding diaryl/α,β-unsaturated/α-hetero) is 1. The van der Waals surface area contributed by atoms with Gasteiger partial charge in [-0.1, -0.05) is 0 Å². The second kappa shape index (κ2) is 3.04. The predicted molar refractivity (Wildman–Crippen MR) is 37.8 cm³/mol. The molecule has 0 radical (unpaired) electrons. The molecule has 1 aromatic rings. The van der Waals surface area contributed by atoms with Crippen LogP contribution in [0.3, 0.4) is 0 Å². The van der Waals surface area contributed by atoms with Crippen LogP contribution in [0.25, 0.3) is 0 Å². The van der Waals surface area contributed by atoms with E-state index in [2.05, 4.69) is 10.2 Å². The third kappa shape index (κ3) is 1.82. The minimum Gasteiger partial charge on any atom is -0.475 e. The Balaban J connectivity index is 2.71. The van der Waals surface area contributed by atoms with Gasteiger partial charge in [-0.05, 0) is 0 Å². The predicted octanol–water partition coefficient (Wildman–Crippen LogP) is -1.10. The number of carboxylic acids is 1. The highest BCUT2D eigenvalue weighted by atomic mass is 16.4. The lowest BCUT2D eigenvalue weighted by atomic mass is 10.2. The molecule has 0 unspecified atom stereocenters. The maximum absolute atomic E-state index is 10.6. The van der Waals surface area contributed by atoms with E-state index in [1.165, 1.54) is 0 Å². The topological polar surface area (TPSA) is 103 Å². The Hall–Kier alpha value is -1.85. The summed E-state index contributed by atoms with van der Waals surface area (Å²) in [6, 6.07) is 1.14. The molecule has 0 aliphatic rings. The average Bonchev–Trinajstić information content (AvgIpc) is 2.35. The summed E-state index contributed by atoms with van der Waals surface area (Å²) in [4.78, 5) is 31.1. The second-order valence-electron chi connectivity index (χ2n) is 2.19. The van der Waals surface area contributed by atoms with Crippen LogP contribution in [0.2, 0.25) is 0 Å². The van der Waals surface area contributed by atoms with Gasteiger partial charge in [-0.2, -0.15) is 0 Å². The smallest absolute Gasteiger partial charge is 0.372 e. The summed E-state index contributed by atoms with van der Waals surface area (Å²) in [5, 5.41) is 12.8. The Morgan fingerprint density at radius 3 is 2.50 bits per heavy atom. The van der Waals surface area contributed by atoms with Crippen LogP contribution >= 0.6 is 0 Å². The van der Waals surface area contributed by atoms with Crippen molar-refractivity contribution in [3.05, 3.63) is 22.1 Å². The Morgan fingerprint density at radius 1 is 1.42 bits per heavy atom. The number of aliphatic carboxylic acids is 1. The largest absolute Gasteiger partial charge is 0.475 e. The Morgan fingerprint density at radius 2 is 2.08 bits per heavy atom. The molecule has 1 aromatic heterocycles. The van der Waals surface area contributed by atoms with Gasteiger partial charge in [-0.3, -0.25) is 14.7 Å². The first-order valence-electron chi connectivity index (χ1n) is 3.12. The van der Waals surface area contributed by atoms with Gasteiger partial charge in [0.05, 0.1) is 6.42 Å². The summed E-state index contributed by atoms with van der Waals surface area (Å²) in [5.74, 6) is -2.46. The van der Waals surface area contributed by atoms with Gasteiger partial charge in [0.25, 0.3) is 5.56 Å². The zero-order valence-electron chi connectivity index (χ0n) is 5.96. The molecule has 0 spiro atoms. The number of hydrogen-bond donors (Lipinski definition) is 3. The van der Waals surface area contributed by atoms with E-state index in [1.807, 2.05) is 0 Å². The van der Waals surface area contributed by atoms with Gasteiger partial charge in [0.1, 0.15) is 0 Å². The van der Waals surface area contributed by atoms with Crippen LogP contribution in [-0.4, -0.2) is 27.1 Å². The zero-order chi connectivity index (χ0) is 9.14. The minimum atomic E-state index is -1.50. The number of carbonyl (C=O) groups is 2. The van der Waals surface area contributed by atoms with Crippen LogP contribution in [0.5, 0.6) is 0 Å². The summed E-state index contributed by atoms with van der Waals surface area (Å²) >= 11 is 0. The van der Waals surface area contributed by atoms with E-state index in [0.717, 1.165) is 6.07 Å². The Bertz CT molecular complexity index is 362. The highest BCUT2D eigenvalue weighted by Gasteiger charge is 2.12. The lowest BCUT2D eigenvalue weighted by molar-refractivity contribution is -0.148. The molecule has 0 aromatic carbocycles. The molecule has 12 heavy (non-hydrogen) atoms. The molecule has 0 saturated heterocycles. The summed E-state index contributed by atoms with van der Waals surface area (Å²) in [6.45, 7) is 0. The first kappa shape index (κ1) is 8.25. The lowest BCUT2D eigenvalue weighted by Crippen LogP contribution is -2.15. The van der Waals surface area contributed by atoms with E-state index in [4.69, 9.17) is 5.11 Å². The minimum absolute atomic E-state index is 0.271. The van der Waals surface area contributed by atoms with Crippen LogP contribution in [0.1, 0.15) is 5.69 Å². The van der Waals surface area contributed by atoms with Crippen molar-refractivity contribution in [3.63, 3.8) is 0 Å². The normalized spacial score (nSPS) is 9.67. The van der Waals surface area contributed by atoms with Crippen LogP contribution in [-0.2, 0) is 16.0 Å². The van der Waals surface area contributed by atoms with E-state index < -0.39 is 11.8 Å². The number of ketones is 1. The molecule has 0 bridgehead atoms. The fourth-order valence-corrected chi connectivity index (χ4v) is 0.716. The monoisotopic (exact) mass is 170 g/mol. The van der Waals surface area contributed by atoms with Crippen molar-refractivity contribution in [1.82, 2.24) is 10.2 Å². The molecule has 0 fully saturated rings. The highest BCUT2D eigenvalue weighted by molar-refractivity contribution is 6.33. The SMILES string of the molecule is O=C(O)C(=O)Cc1cc(=O)[nH][nH]1. The van der Waals surface area contributed by atoms with Crippen molar-refractivity contribution in [3.8, 4) is 0 Å². The van der Waals surface area contributed by atoms with Crippen molar-refractivity contribution in [2.24, 2.45) is 0 Å². The molecule has 0 aliphatic carbocycles. The summed E-state index contributed by atoms with van der Waals surface area (Å²) in [7, 11) is 0. The average molecular weight is 170 g/mol. The number of rotatable bonds is 3. The molecule has 0 saturated carbocycles. The summed E-state index contributed by atoms with van der Waals surface area (Å²) in [5.41, 5.74) is -0.115. The van der Waals surface area contributed by atoms with Crippen molar-refractivity contribution < 1.29 is 14.7 Å². The van der Waals surface area contributed by atoms with Crippen LogP contribution < -0.4 is 5.56 Å². The van der Waals surface area contributed by atoms with Crippen molar-refractivity contribution in [2.75, 3.05) is 0 Å². The van der Waals surface area contributed by atoms with Gasteiger partial charge in [0, 0.05) is 11.8 Å². The van der Waals surface area contributed by atoms with Gasteiger partial charge < -0.3 is 10.2 Å². The number of aromatic amines is 2. The number of hydrogen-bond acceptors (Lipinski definition) is 3. The number of nitrogens with one attached hydrogen (secondary N) is 2. The molecule has 1 rings (SSSR count). The first-order chi connectivity index (χ1) is 5.59. The van der Waals surface area contributed by atoms with E-state index in [9.17, 15) is 14.4 Å². The highest BCUT2D eigenvalue weighted by Crippen LogP contribution is 1.90. The maximum Gasteiger partial charge on any atom is 0.372 e. The molecule has 0 atom stereocenters. The quantitative estimate of drug-likeness (QED) is 0.501. The lowest BCUT2D eigenvalue weighted by Gasteiger charge is -1.89. The third-order valence-corrected chi connectivity index (χ3v) is 1.24. The second-order valence-corrected chi connectivity index (χ2v) is 2.19. The number of aromatic nitrogens is 2. The maximum atomic E-state index is 10.6. The van der Waals surface area contributed by atoms with Gasteiger partial charge >= 0.3 is 5.97 Å². The van der Waals surface area contributed by atoms with Gasteiger partial charge in [-0.25, -0.2) is 4.79 Å². The van der Waals surface area contributed by atoms with Crippen molar-refractivity contribution in [2.45, 2.75) is 6.42 Å². The Kier molecular flexibility index (Phi) is 2.09. The van der Waals surface area contributed by atoms with Crippen LogP contribution in [0, 0.1) is 0 Å². The molecule has 3 N–H and O–H groups in total. The molecule has 6 heteroatoms. The van der Waals surface area contributed by atoms with Crippen molar-refractivity contribution >= 4 is 11.8 Å². The standard InChI is InChI=1S/C6H6N2O4/c9-4(6(11)12)1-3-2-5(10)8-7-3/h2H,1H2,(H,11,12)(H2,7,8,10). The zero-order valence-corrected chi connectivity index (χ0v) is 5.96. The van der Waals surface area contributed by atoms with Gasteiger partial charge in [-0.15, -0.1) is 0 Å². The Labute approximate surface area is 66.2 Å². The van der Waals surface area contributed by atoms with E-state index in [1.54, 1.807) is 0 Å². The molecule has 1 heterocycles. The fourth-order valence-electron chi connectivity index (χ4n) is 0.716. The fraction of sp³-hybridized carbons (Fsp3) is 0.167. The van der Waals surface area contributed by atoms with Crippen LogP contribution in [0.4, 0.5) is 0 Å². The molecule has 0 amide bonds. The molecular weight excluding hydrogens is 164 g/mol. The molecular formula is C6H6N2O4. The first-order valence-corrected chi connectivity index (χ1v) is 3.12. The molecule has 6 nitrogen and oxygen atoms in total. The molecule has 0 aliphatic heterocycles. The van der Waals surface area contributed by atoms with Crippen LogP contribution in [0.15, 0.2) is 10.9 Å². The van der Waals surface area contributed by atoms with E-state index >= 15 is 0 Å². The summed E-state index contributed by atoms with van der Waals surface area (Å²) < 4.78 is 0. The summed E-state index contributed by atoms with van der Waals surface area (Å²) in [6.07, 6.45) is -0.298. The van der Waals surface area contributed by atoms with Crippen molar-refractivity contribution in [1.29, 1.82) is 0 Å². The third-order valence-electron chi connectivity index (χ3n) is 1.24. The number of carbonyl (C=O) groups excluding carboxylic acids is 1. The van der Waals surface area contributed by atoms with Gasteiger partial charge in [0.2, 0.25) is 5.78 Å². The van der Waals surface area contributed by atoms with Gasteiger partial charge in [0.15, 0.2) is 0 Å². The van der Waals surface area contributed by atoms with E-state index in [0.29, 0.717) is 0 Å². The number of carboxylic acid groups (broad SMARTS) is 1.